The molecule has 2 N–H and O–H groups in total. The predicted octanol–water partition coefficient (Wildman–Crippen LogP) is 2.54. The van der Waals surface area contributed by atoms with Gasteiger partial charge in [0.05, 0.1) is 55.3 Å². The summed E-state index contributed by atoms with van der Waals surface area (Å²) in [6.45, 7) is 10.1. The maximum Gasteiger partial charge on any atom is 0.242 e. The van der Waals surface area contributed by atoms with Gasteiger partial charge in [-0.3, -0.25) is 24.1 Å². The van der Waals surface area contributed by atoms with Crippen LogP contribution >= 0.6 is 0 Å². The van der Waals surface area contributed by atoms with Gasteiger partial charge in [-0.1, -0.05) is 71.4 Å². The van der Waals surface area contributed by atoms with Crippen LogP contribution in [0.3, 0.4) is 0 Å². The highest BCUT2D eigenvalue weighted by Gasteiger charge is 2.42. The average Bonchev–Trinajstić information content (AvgIpc) is 3.56. The van der Waals surface area contributed by atoms with Gasteiger partial charge in [-0.25, -0.2) is 0 Å². The molecule has 0 aromatic heterocycles. The molecule has 0 bridgehead atoms. The van der Waals surface area contributed by atoms with Crippen molar-refractivity contribution in [1.29, 1.82) is 0 Å². The van der Waals surface area contributed by atoms with Crippen LogP contribution in [0.4, 0.5) is 0 Å². The molecule has 0 aliphatic carbocycles. The van der Waals surface area contributed by atoms with Gasteiger partial charge >= 0.3 is 0 Å². The molecule has 49 heavy (non-hydrogen) atoms. The van der Waals surface area contributed by atoms with E-state index in [1.165, 1.54) is 7.11 Å². The fraction of sp³-hybridized carbons (Fsp3) is 0.703. The monoisotopic (exact) mass is 687 g/mol. The minimum atomic E-state index is -0.686. The molecule has 1 aliphatic heterocycles. The molecule has 0 spiro atoms. The number of nitrogens with zero attached hydrogens (tertiary/aromatic N) is 3. The first-order valence-electron chi connectivity index (χ1n) is 17.6. The molecule has 2 rings (SSSR count). The fourth-order valence-electron chi connectivity index (χ4n) is 7.17. The Hall–Kier alpha value is -3.35. The summed E-state index contributed by atoms with van der Waals surface area (Å²) in [6.07, 6.45) is 2.12. The first-order valence-corrected chi connectivity index (χ1v) is 17.6. The maximum atomic E-state index is 14.0. The van der Waals surface area contributed by atoms with Crippen molar-refractivity contribution in [3.05, 3.63) is 35.9 Å². The lowest BCUT2D eigenvalue weighted by Gasteiger charge is -2.39. The Morgan fingerprint density at radius 2 is 1.65 bits per heavy atom. The summed E-state index contributed by atoms with van der Waals surface area (Å²) < 4.78 is 11.8. The quantitative estimate of drug-likeness (QED) is 0.200. The normalized spacial score (nSPS) is 19.0. The van der Waals surface area contributed by atoms with E-state index in [1.54, 1.807) is 30.9 Å². The van der Waals surface area contributed by atoms with E-state index in [4.69, 9.17) is 9.47 Å². The van der Waals surface area contributed by atoms with E-state index < -0.39 is 30.2 Å². The molecule has 1 heterocycles. The van der Waals surface area contributed by atoms with Crippen molar-refractivity contribution in [2.45, 2.75) is 103 Å². The minimum Gasteiger partial charge on any atom is -0.379 e. The molecule has 1 fully saturated rings. The van der Waals surface area contributed by atoms with Gasteiger partial charge < -0.3 is 34.7 Å². The number of methoxy groups -OCH3 is 2. The number of hydrogen-bond acceptors (Lipinski definition) is 8. The number of hydrogen-bond donors (Lipinski definition) is 2. The molecule has 1 aromatic rings. The second-order valence-electron chi connectivity index (χ2n) is 14.0. The number of benzene rings is 1. The number of carbonyl (C=O) groups is 5. The van der Waals surface area contributed by atoms with Gasteiger partial charge in [-0.2, -0.15) is 0 Å². The van der Waals surface area contributed by atoms with Crippen LogP contribution in [0, 0.1) is 17.8 Å². The highest BCUT2D eigenvalue weighted by molar-refractivity contribution is 5.88. The molecule has 0 radical (unpaired) electrons. The standard InChI is InChI=1S/C37H61N5O7/c1-11-25(4)34(41(8)32(45)22-38-37(47)33(24(2)3)40(6)7)30(48-9)21-31(44)42-19-15-18-29(42)35(49-10)26(5)36(46)39-28(23-43)20-27-16-13-12-14-17-27/h12-14,16-17,23-26,28-30,33-35H,11,15,18-22H2,1-10H3,(H,38,47)(H,39,46)/t25-,26+,28-,29-,30+,33?,34-,35+/m1/s1. The van der Waals surface area contributed by atoms with Crippen molar-refractivity contribution >= 4 is 29.9 Å². The number of amides is 4. The third-order valence-electron chi connectivity index (χ3n) is 9.97. The van der Waals surface area contributed by atoms with Crippen LogP contribution in [0.2, 0.25) is 0 Å². The minimum absolute atomic E-state index is 0.000873. The van der Waals surface area contributed by atoms with Crippen molar-refractivity contribution in [2.24, 2.45) is 17.8 Å². The molecular formula is C37H61N5O7. The van der Waals surface area contributed by atoms with Crippen LogP contribution in [-0.4, -0.2) is 129 Å². The lowest BCUT2D eigenvalue weighted by molar-refractivity contribution is -0.146. The van der Waals surface area contributed by atoms with Gasteiger partial charge in [-0.05, 0) is 50.8 Å². The van der Waals surface area contributed by atoms with Crippen LogP contribution in [0.15, 0.2) is 30.3 Å². The highest BCUT2D eigenvalue weighted by atomic mass is 16.5. The predicted molar refractivity (Wildman–Crippen MR) is 190 cm³/mol. The number of likely N-dealkylation sites (N-methyl/N-ethyl adjacent to an activating group) is 2. The number of rotatable bonds is 20. The number of nitrogens with one attached hydrogen (secondary N) is 2. The summed E-state index contributed by atoms with van der Waals surface area (Å²) in [7, 11) is 8.45. The molecule has 8 atom stereocenters. The maximum absolute atomic E-state index is 14.0. The third-order valence-corrected chi connectivity index (χ3v) is 9.97. The summed E-state index contributed by atoms with van der Waals surface area (Å²) in [5.74, 6) is -1.51. The van der Waals surface area contributed by atoms with E-state index in [2.05, 4.69) is 10.6 Å². The zero-order valence-corrected chi connectivity index (χ0v) is 31.3. The SMILES string of the molecule is CC[C@@H](C)[C@H]([C@H](CC(=O)N1CCC[C@@H]1[C@@H](OC)[C@H](C)C(=O)N[C@@H](C=O)Cc1ccccc1)OC)N(C)C(=O)CNC(=O)C(C(C)C)N(C)C. The van der Waals surface area contributed by atoms with Crippen molar-refractivity contribution in [1.82, 2.24) is 25.3 Å². The van der Waals surface area contributed by atoms with Gasteiger partial charge in [0.25, 0.3) is 0 Å². The van der Waals surface area contributed by atoms with Crippen LogP contribution in [0.5, 0.6) is 0 Å². The molecule has 1 unspecified atom stereocenters. The number of aldehydes is 1. The van der Waals surface area contributed by atoms with Gasteiger partial charge in [0.1, 0.15) is 6.29 Å². The highest BCUT2D eigenvalue weighted by Crippen LogP contribution is 2.29. The zero-order chi connectivity index (χ0) is 36.8. The van der Waals surface area contributed by atoms with E-state index in [9.17, 15) is 24.0 Å². The van der Waals surface area contributed by atoms with Crippen molar-refractivity contribution in [3.8, 4) is 0 Å². The van der Waals surface area contributed by atoms with Crippen LogP contribution in [0.25, 0.3) is 0 Å². The van der Waals surface area contributed by atoms with E-state index in [-0.39, 0.29) is 60.5 Å². The largest absolute Gasteiger partial charge is 0.379 e. The summed E-state index contributed by atoms with van der Waals surface area (Å²) in [5, 5.41) is 5.65. The number of ether oxygens (including phenoxy) is 2. The molecule has 12 heteroatoms. The Kier molecular flexibility index (Phi) is 17.4. The first-order chi connectivity index (χ1) is 23.2. The zero-order valence-electron chi connectivity index (χ0n) is 31.3. The molecule has 12 nitrogen and oxygen atoms in total. The van der Waals surface area contributed by atoms with Crippen molar-refractivity contribution < 1.29 is 33.4 Å². The third kappa shape index (κ3) is 11.6. The Labute approximate surface area is 293 Å². The fourth-order valence-corrected chi connectivity index (χ4v) is 7.17. The van der Waals surface area contributed by atoms with E-state index in [0.29, 0.717) is 19.4 Å². The lowest BCUT2D eigenvalue weighted by Crippen LogP contribution is -2.55. The second-order valence-corrected chi connectivity index (χ2v) is 14.0. The Morgan fingerprint density at radius 3 is 2.18 bits per heavy atom. The number of likely N-dealkylation sites (tertiary alicyclic amines) is 1. The Balaban J connectivity index is 2.15. The molecular weight excluding hydrogens is 626 g/mol. The molecule has 0 saturated carbocycles. The Morgan fingerprint density at radius 1 is 1.00 bits per heavy atom. The van der Waals surface area contributed by atoms with Gasteiger partial charge in [0, 0.05) is 27.8 Å². The molecule has 276 valence electrons. The average molecular weight is 688 g/mol. The molecule has 1 aliphatic rings. The smallest absolute Gasteiger partial charge is 0.242 e. The van der Waals surface area contributed by atoms with E-state index in [1.807, 2.05) is 77.0 Å². The molecule has 1 saturated heterocycles. The van der Waals surface area contributed by atoms with Crippen LogP contribution < -0.4 is 10.6 Å². The van der Waals surface area contributed by atoms with Crippen molar-refractivity contribution in [2.75, 3.05) is 48.5 Å². The molecule has 4 amide bonds. The number of carbonyl (C=O) groups excluding carboxylic acids is 5. The van der Waals surface area contributed by atoms with E-state index >= 15 is 0 Å². The first kappa shape index (κ1) is 41.8. The van der Waals surface area contributed by atoms with Crippen LogP contribution in [-0.2, 0) is 39.9 Å². The summed E-state index contributed by atoms with van der Waals surface area (Å²) in [5.41, 5.74) is 0.938. The van der Waals surface area contributed by atoms with Crippen molar-refractivity contribution in [3.63, 3.8) is 0 Å². The second kappa shape index (κ2) is 20.4. The summed E-state index contributed by atoms with van der Waals surface area (Å²) in [4.78, 5) is 70.7. The topological polar surface area (TPSA) is 138 Å². The van der Waals surface area contributed by atoms with Crippen LogP contribution in [0.1, 0.15) is 65.9 Å². The van der Waals surface area contributed by atoms with Gasteiger partial charge in [0.15, 0.2) is 0 Å². The summed E-state index contributed by atoms with van der Waals surface area (Å²) in [6, 6.07) is 7.66. The van der Waals surface area contributed by atoms with Gasteiger partial charge in [-0.15, -0.1) is 0 Å². The summed E-state index contributed by atoms with van der Waals surface area (Å²) >= 11 is 0. The molecule has 1 aromatic carbocycles. The van der Waals surface area contributed by atoms with Gasteiger partial charge in [0.2, 0.25) is 23.6 Å². The van der Waals surface area contributed by atoms with E-state index in [0.717, 1.165) is 24.7 Å². The Bertz CT molecular complexity index is 1200. The lowest BCUT2D eigenvalue weighted by atomic mass is 9.90.